The highest BCUT2D eigenvalue weighted by molar-refractivity contribution is 7.80. The molecule has 1 heterocycles. The van der Waals surface area contributed by atoms with Crippen LogP contribution < -0.4 is 10.1 Å². The van der Waals surface area contributed by atoms with Crippen LogP contribution in [0.25, 0.3) is 0 Å². The molecule has 1 atom stereocenters. The van der Waals surface area contributed by atoms with Gasteiger partial charge in [0.25, 0.3) is 0 Å². The van der Waals surface area contributed by atoms with Crippen molar-refractivity contribution in [1.29, 1.82) is 0 Å². The Morgan fingerprint density at radius 2 is 2.00 bits per heavy atom. The van der Waals surface area contributed by atoms with E-state index in [1.165, 1.54) is 0 Å². The largest absolute Gasteiger partial charge is 0.497 e. The number of nitrogens with zero attached hydrogens (tertiary/aromatic N) is 3. The fraction of sp³-hybridized carbons (Fsp3) is 0.368. The lowest BCUT2D eigenvalue weighted by Gasteiger charge is -2.32. The zero-order chi connectivity index (χ0) is 18.2. The number of ether oxygens (including phenoxy) is 1. The van der Waals surface area contributed by atoms with Gasteiger partial charge in [0, 0.05) is 31.0 Å². The van der Waals surface area contributed by atoms with Crippen molar-refractivity contribution in [1.82, 2.24) is 14.8 Å². The van der Waals surface area contributed by atoms with Crippen molar-refractivity contribution in [3.8, 4) is 5.75 Å². The minimum absolute atomic E-state index is 0.0757. The fourth-order valence-corrected chi connectivity index (χ4v) is 2.82. The summed E-state index contributed by atoms with van der Waals surface area (Å²) in [6.45, 7) is 3.83. The van der Waals surface area contributed by atoms with Crippen LogP contribution >= 0.6 is 12.2 Å². The molecule has 5 nitrogen and oxygen atoms in total. The third-order valence-electron chi connectivity index (χ3n) is 3.95. The number of hydrogen-bond donors (Lipinski definition) is 1. The highest BCUT2D eigenvalue weighted by Crippen LogP contribution is 2.21. The molecule has 1 unspecified atom stereocenters. The number of benzene rings is 1. The van der Waals surface area contributed by atoms with Crippen molar-refractivity contribution >= 4 is 23.0 Å². The minimum atomic E-state index is 0.0757. The standard InChI is InChI=1S/C19H26N4OS/c1-15(18-10-5-6-11-20-18)23(13-12-22(2)3)19(25)21-16-8-7-9-17(14-16)24-4/h5-11,14-15H,12-13H2,1-4H3,(H,21,25). The van der Waals surface area contributed by atoms with E-state index in [1.807, 2.05) is 48.7 Å². The molecule has 0 saturated carbocycles. The number of anilines is 1. The monoisotopic (exact) mass is 358 g/mol. The Balaban J connectivity index is 2.17. The summed E-state index contributed by atoms with van der Waals surface area (Å²) in [5.74, 6) is 0.797. The van der Waals surface area contributed by atoms with Gasteiger partial charge in [-0.1, -0.05) is 12.1 Å². The quantitative estimate of drug-likeness (QED) is 0.765. The van der Waals surface area contributed by atoms with Gasteiger partial charge in [0.2, 0.25) is 0 Å². The van der Waals surface area contributed by atoms with Crippen LogP contribution in [0.15, 0.2) is 48.7 Å². The number of pyridine rings is 1. The van der Waals surface area contributed by atoms with E-state index < -0.39 is 0 Å². The summed E-state index contributed by atoms with van der Waals surface area (Å²) in [6.07, 6.45) is 1.81. The molecule has 0 aliphatic heterocycles. The van der Waals surface area contributed by atoms with Gasteiger partial charge in [-0.2, -0.15) is 0 Å². The summed E-state index contributed by atoms with van der Waals surface area (Å²) in [7, 11) is 5.77. The summed E-state index contributed by atoms with van der Waals surface area (Å²) in [6, 6.07) is 13.8. The van der Waals surface area contributed by atoms with Crippen molar-refractivity contribution in [3.63, 3.8) is 0 Å². The molecule has 6 heteroatoms. The van der Waals surface area contributed by atoms with Gasteiger partial charge >= 0.3 is 0 Å². The number of methoxy groups -OCH3 is 1. The summed E-state index contributed by atoms with van der Waals surface area (Å²) in [5.41, 5.74) is 1.91. The van der Waals surface area contributed by atoms with Gasteiger partial charge in [0.15, 0.2) is 5.11 Å². The summed E-state index contributed by atoms with van der Waals surface area (Å²) in [5, 5.41) is 4.00. The van der Waals surface area contributed by atoms with Gasteiger partial charge in [-0.3, -0.25) is 4.98 Å². The third-order valence-corrected chi connectivity index (χ3v) is 4.29. The van der Waals surface area contributed by atoms with E-state index in [0.717, 1.165) is 30.2 Å². The Morgan fingerprint density at radius 3 is 2.64 bits per heavy atom. The lowest BCUT2D eigenvalue weighted by atomic mass is 10.2. The van der Waals surface area contributed by atoms with E-state index in [0.29, 0.717) is 5.11 Å². The summed E-state index contributed by atoms with van der Waals surface area (Å²) < 4.78 is 5.28. The average Bonchev–Trinajstić information content (AvgIpc) is 2.62. The van der Waals surface area contributed by atoms with E-state index in [4.69, 9.17) is 17.0 Å². The van der Waals surface area contributed by atoms with E-state index in [1.54, 1.807) is 7.11 Å². The molecule has 1 aromatic heterocycles. The number of hydrogen-bond acceptors (Lipinski definition) is 4. The maximum absolute atomic E-state index is 5.69. The van der Waals surface area contributed by atoms with Gasteiger partial charge in [0.05, 0.1) is 18.8 Å². The van der Waals surface area contributed by atoms with Crippen LogP contribution in [-0.4, -0.2) is 54.2 Å². The molecule has 0 fully saturated rings. The molecule has 0 spiro atoms. The van der Waals surface area contributed by atoms with Gasteiger partial charge in [0.1, 0.15) is 5.75 Å². The number of aromatic nitrogens is 1. The molecule has 25 heavy (non-hydrogen) atoms. The molecule has 2 rings (SSSR count). The first-order valence-electron chi connectivity index (χ1n) is 8.28. The molecule has 2 aromatic rings. The topological polar surface area (TPSA) is 40.6 Å². The first-order chi connectivity index (χ1) is 12.0. The molecular weight excluding hydrogens is 332 g/mol. The van der Waals surface area contributed by atoms with E-state index >= 15 is 0 Å². The van der Waals surface area contributed by atoms with Crippen LogP contribution in [0.3, 0.4) is 0 Å². The van der Waals surface area contributed by atoms with Crippen LogP contribution in [0.1, 0.15) is 18.7 Å². The first-order valence-corrected chi connectivity index (χ1v) is 8.69. The SMILES string of the molecule is COc1cccc(NC(=S)N(CCN(C)C)C(C)c2ccccn2)c1. The second-order valence-corrected chi connectivity index (χ2v) is 6.48. The van der Waals surface area contributed by atoms with Gasteiger partial charge in [-0.05, 0) is 57.5 Å². The molecule has 134 valence electrons. The highest BCUT2D eigenvalue weighted by Gasteiger charge is 2.20. The molecule has 0 saturated heterocycles. The predicted molar refractivity (Wildman–Crippen MR) is 107 cm³/mol. The molecule has 0 amide bonds. The third kappa shape index (κ3) is 5.69. The van der Waals surface area contributed by atoms with Crippen LogP contribution in [-0.2, 0) is 0 Å². The Bertz CT molecular complexity index is 678. The van der Waals surface area contributed by atoms with Crippen LogP contribution in [0.2, 0.25) is 0 Å². The van der Waals surface area contributed by atoms with Gasteiger partial charge < -0.3 is 19.9 Å². The van der Waals surface area contributed by atoms with Crippen LogP contribution in [0.4, 0.5) is 5.69 Å². The summed E-state index contributed by atoms with van der Waals surface area (Å²) in [4.78, 5) is 8.79. The average molecular weight is 359 g/mol. The van der Waals surface area contributed by atoms with Gasteiger partial charge in [-0.25, -0.2) is 0 Å². The van der Waals surface area contributed by atoms with Crippen molar-refractivity contribution in [2.24, 2.45) is 0 Å². The molecular formula is C19H26N4OS. The van der Waals surface area contributed by atoms with E-state index in [2.05, 4.69) is 41.1 Å². The lowest BCUT2D eigenvalue weighted by Crippen LogP contribution is -2.41. The van der Waals surface area contributed by atoms with Crippen molar-refractivity contribution in [2.75, 3.05) is 39.6 Å². The Kier molecular flexibility index (Phi) is 7.16. The minimum Gasteiger partial charge on any atom is -0.497 e. The number of rotatable bonds is 7. The van der Waals surface area contributed by atoms with Gasteiger partial charge in [-0.15, -0.1) is 0 Å². The van der Waals surface area contributed by atoms with Crippen molar-refractivity contribution in [3.05, 3.63) is 54.4 Å². The van der Waals surface area contributed by atoms with Crippen LogP contribution in [0, 0.1) is 0 Å². The molecule has 1 aromatic carbocycles. The number of nitrogens with one attached hydrogen (secondary N) is 1. The van der Waals surface area contributed by atoms with Crippen molar-refractivity contribution < 1.29 is 4.74 Å². The Hall–Kier alpha value is -2.18. The Labute approximate surface area is 155 Å². The molecule has 0 aliphatic carbocycles. The zero-order valence-electron chi connectivity index (χ0n) is 15.3. The molecule has 0 bridgehead atoms. The summed E-state index contributed by atoms with van der Waals surface area (Å²) >= 11 is 5.69. The smallest absolute Gasteiger partial charge is 0.174 e. The van der Waals surface area contributed by atoms with Crippen molar-refractivity contribution in [2.45, 2.75) is 13.0 Å². The number of likely N-dealkylation sites (N-methyl/N-ethyl adjacent to an activating group) is 1. The molecule has 1 N–H and O–H groups in total. The maximum atomic E-state index is 5.69. The second-order valence-electron chi connectivity index (χ2n) is 6.09. The normalized spacial score (nSPS) is 11.9. The van der Waals surface area contributed by atoms with Crippen LogP contribution in [0.5, 0.6) is 5.75 Å². The Morgan fingerprint density at radius 1 is 1.20 bits per heavy atom. The molecule has 0 radical (unpaired) electrons. The lowest BCUT2D eigenvalue weighted by molar-refractivity contribution is 0.286. The number of thiocarbonyl (C=S) groups is 1. The first kappa shape index (κ1) is 19.1. The predicted octanol–water partition coefficient (Wildman–Crippen LogP) is 3.41. The highest BCUT2D eigenvalue weighted by atomic mass is 32.1. The molecule has 0 aliphatic rings. The second kappa shape index (κ2) is 9.34. The maximum Gasteiger partial charge on any atom is 0.174 e. The van der Waals surface area contributed by atoms with E-state index in [-0.39, 0.29) is 6.04 Å². The zero-order valence-corrected chi connectivity index (χ0v) is 16.1. The fourth-order valence-electron chi connectivity index (χ4n) is 2.46. The van der Waals surface area contributed by atoms with E-state index in [9.17, 15) is 0 Å².